The number of carbonyl (C=O) groups excluding carboxylic acids is 1. The van der Waals surface area contributed by atoms with Gasteiger partial charge in [0.15, 0.2) is 0 Å². The zero-order chi connectivity index (χ0) is 19.9. The molecule has 2 aliphatic heterocycles. The van der Waals surface area contributed by atoms with Gasteiger partial charge in [0.2, 0.25) is 0 Å². The van der Waals surface area contributed by atoms with Crippen molar-refractivity contribution in [1.29, 1.82) is 0 Å². The summed E-state index contributed by atoms with van der Waals surface area (Å²) >= 11 is 0. The summed E-state index contributed by atoms with van der Waals surface area (Å²) in [6.07, 6.45) is 5.06. The van der Waals surface area contributed by atoms with Gasteiger partial charge in [-0.25, -0.2) is 0 Å². The second-order valence-corrected chi connectivity index (χ2v) is 9.22. The van der Waals surface area contributed by atoms with Crippen LogP contribution in [0.4, 0.5) is 0 Å². The van der Waals surface area contributed by atoms with Gasteiger partial charge in [0.25, 0.3) is 5.91 Å². The summed E-state index contributed by atoms with van der Waals surface area (Å²) in [7, 11) is 0. The van der Waals surface area contributed by atoms with Crippen LogP contribution in [-0.2, 0) is 18.4 Å². The van der Waals surface area contributed by atoms with Crippen molar-refractivity contribution in [2.24, 2.45) is 0 Å². The van der Waals surface area contributed by atoms with Crippen LogP contribution in [-0.4, -0.2) is 28.9 Å². The highest BCUT2D eigenvalue weighted by atomic mass is 16.2. The molecule has 3 heterocycles. The van der Waals surface area contributed by atoms with Crippen LogP contribution in [0.3, 0.4) is 0 Å². The van der Waals surface area contributed by atoms with E-state index in [-0.39, 0.29) is 11.3 Å². The number of aryl methyl sites for hydroxylation is 1. The van der Waals surface area contributed by atoms with Gasteiger partial charge < -0.3 is 10.2 Å². The van der Waals surface area contributed by atoms with Gasteiger partial charge in [0.1, 0.15) is 0 Å². The molecule has 1 atom stereocenters. The molecule has 0 bridgehead atoms. The molecule has 1 N–H and O–H groups in total. The summed E-state index contributed by atoms with van der Waals surface area (Å²) in [6, 6.07) is 8.92. The lowest BCUT2D eigenvalue weighted by molar-refractivity contribution is 0.0732. The van der Waals surface area contributed by atoms with Crippen LogP contribution < -0.4 is 5.32 Å². The van der Waals surface area contributed by atoms with Crippen LogP contribution in [0.25, 0.3) is 0 Å². The molecule has 4 rings (SSSR count). The number of rotatable bonds is 2. The van der Waals surface area contributed by atoms with Crippen molar-refractivity contribution in [2.75, 3.05) is 13.1 Å². The minimum atomic E-state index is 0.0986. The standard InChI is InChI=1S/C24H31N3O/c1-16-19(7-5-10-25-16)23(28)27-12-9-17-13-18(24(2,3)4)14-20(21(17)15-27)22-8-6-11-26-22/h5,7,10,13-14,22,26H,6,8-9,11-12,15H2,1-4H3/t22-/m0/s1. The molecule has 1 saturated heterocycles. The Balaban J connectivity index is 1.71. The first-order valence-electron chi connectivity index (χ1n) is 10.4. The fourth-order valence-electron chi connectivity index (χ4n) is 4.45. The SMILES string of the molecule is Cc1ncccc1C(=O)N1CCc2cc(C(C)(C)C)cc([C@@H]3CCCN3)c2C1. The predicted molar refractivity (Wildman–Crippen MR) is 113 cm³/mol. The zero-order valence-electron chi connectivity index (χ0n) is 17.5. The normalized spacial score (nSPS) is 19.6. The Morgan fingerprint density at radius 1 is 1.29 bits per heavy atom. The first kappa shape index (κ1) is 19.1. The Labute approximate surface area is 168 Å². The third-order valence-corrected chi connectivity index (χ3v) is 6.20. The van der Waals surface area contributed by atoms with E-state index in [9.17, 15) is 4.79 Å². The number of nitrogens with one attached hydrogen (secondary N) is 1. The third-order valence-electron chi connectivity index (χ3n) is 6.20. The second-order valence-electron chi connectivity index (χ2n) is 9.22. The minimum Gasteiger partial charge on any atom is -0.334 e. The molecule has 4 heteroatoms. The molecule has 0 unspecified atom stereocenters. The van der Waals surface area contributed by atoms with Crippen LogP contribution in [0, 0.1) is 6.92 Å². The highest BCUT2D eigenvalue weighted by molar-refractivity contribution is 5.95. The quantitative estimate of drug-likeness (QED) is 0.848. The van der Waals surface area contributed by atoms with Crippen LogP contribution in [0.2, 0.25) is 0 Å². The van der Waals surface area contributed by atoms with Gasteiger partial charge in [-0.05, 0) is 72.5 Å². The van der Waals surface area contributed by atoms with Crippen molar-refractivity contribution in [1.82, 2.24) is 15.2 Å². The molecular formula is C24H31N3O. The topological polar surface area (TPSA) is 45.2 Å². The lowest BCUT2D eigenvalue weighted by Gasteiger charge is -2.34. The van der Waals surface area contributed by atoms with Crippen molar-refractivity contribution < 1.29 is 4.79 Å². The predicted octanol–water partition coefficient (Wildman–Crippen LogP) is 4.31. The van der Waals surface area contributed by atoms with E-state index in [0.717, 1.165) is 30.8 Å². The average Bonchev–Trinajstić information content (AvgIpc) is 3.20. The molecule has 1 fully saturated rings. The van der Waals surface area contributed by atoms with Crippen molar-refractivity contribution in [3.63, 3.8) is 0 Å². The molecule has 28 heavy (non-hydrogen) atoms. The van der Waals surface area contributed by atoms with Crippen LogP contribution in [0.5, 0.6) is 0 Å². The highest BCUT2D eigenvalue weighted by Gasteiger charge is 2.30. The van der Waals surface area contributed by atoms with Gasteiger partial charge in [-0.15, -0.1) is 0 Å². The Morgan fingerprint density at radius 2 is 2.11 bits per heavy atom. The lowest BCUT2D eigenvalue weighted by Crippen LogP contribution is -2.37. The van der Waals surface area contributed by atoms with E-state index in [1.165, 1.54) is 35.1 Å². The van der Waals surface area contributed by atoms with Gasteiger partial charge in [-0.2, -0.15) is 0 Å². The lowest BCUT2D eigenvalue weighted by atomic mass is 9.80. The van der Waals surface area contributed by atoms with Crippen molar-refractivity contribution >= 4 is 5.91 Å². The van der Waals surface area contributed by atoms with Gasteiger partial charge in [-0.3, -0.25) is 9.78 Å². The Morgan fingerprint density at radius 3 is 2.79 bits per heavy atom. The largest absolute Gasteiger partial charge is 0.334 e. The molecule has 2 aliphatic rings. The minimum absolute atomic E-state index is 0.0986. The Hall–Kier alpha value is -2.20. The van der Waals surface area contributed by atoms with E-state index in [1.54, 1.807) is 6.20 Å². The zero-order valence-corrected chi connectivity index (χ0v) is 17.5. The molecule has 0 spiro atoms. The van der Waals surface area contributed by atoms with E-state index >= 15 is 0 Å². The van der Waals surface area contributed by atoms with Crippen LogP contribution in [0.15, 0.2) is 30.5 Å². The summed E-state index contributed by atoms with van der Waals surface area (Å²) in [6.45, 7) is 11.3. The summed E-state index contributed by atoms with van der Waals surface area (Å²) in [5.41, 5.74) is 7.23. The fourth-order valence-corrected chi connectivity index (χ4v) is 4.45. The highest BCUT2D eigenvalue weighted by Crippen LogP contribution is 2.36. The molecule has 2 aromatic rings. The van der Waals surface area contributed by atoms with Crippen LogP contribution >= 0.6 is 0 Å². The summed E-state index contributed by atoms with van der Waals surface area (Å²) in [5.74, 6) is 0.0986. The van der Waals surface area contributed by atoms with Crippen LogP contribution in [0.1, 0.15) is 78.0 Å². The van der Waals surface area contributed by atoms with E-state index in [2.05, 4.69) is 43.2 Å². The molecule has 1 aromatic carbocycles. The number of amides is 1. The van der Waals surface area contributed by atoms with Gasteiger partial charge in [-0.1, -0.05) is 32.9 Å². The number of pyridine rings is 1. The van der Waals surface area contributed by atoms with Crippen molar-refractivity contribution in [3.05, 3.63) is 64.0 Å². The summed E-state index contributed by atoms with van der Waals surface area (Å²) < 4.78 is 0. The maximum absolute atomic E-state index is 13.2. The van der Waals surface area contributed by atoms with E-state index in [4.69, 9.17) is 0 Å². The molecule has 4 nitrogen and oxygen atoms in total. The monoisotopic (exact) mass is 377 g/mol. The average molecular weight is 378 g/mol. The van der Waals surface area contributed by atoms with E-state index < -0.39 is 0 Å². The van der Waals surface area contributed by atoms with Crippen molar-refractivity contribution in [3.8, 4) is 0 Å². The second kappa shape index (κ2) is 7.32. The smallest absolute Gasteiger partial charge is 0.256 e. The molecule has 0 radical (unpaired) electrons. The number of fused-ring (bicyclic) bond motifs is 1. The third kappa shape index (κ3) is 3.58. The van der Waals surface area contributed by atoms with Gasteiger partial charge >= 0.3 is 0 Å². The Kier molecular flexibility index (Phi) is 5.00. The van der Waals surface area contributed by atoms with E-state index in [0.29, 0.717) is 12.6 Å². The molecule has 148 valence electrons. The Bertz CT molecular complexity index is 891. The summed E-state index contributed by atoms with van der Waals surface area (Å²) in [5, 5.41) is 3.67. The molecule has 1 amide bonds. The van der Waals surface area contributed by atoms with Gasteiger partial charge in [0.05, 0.1) is 5.56 Å². The van der Waals surface area contributed by atoms with Gasteiger partial charge in [0, 0.05) is 31.0 Å². The van der Waals surface area contributed by atoms with E-state index in [1.807, 2.05) is 24.0 Å². The number of aromatic nitrogens is 1. The maximum Gasteiger partial charge on any atom is 0.256 e. The molecular weight excluding hydrogens is 346 g/mol. The first-order chi connectivity index (χ1) is 13.3. The first-order valence-corrected chi connectivity index (χ1v) is 10.4. The number of hydrogen-bond acceptors (Lipinski definition) is 3. The number of benzene rings is 1. The molecule has 0 saturated carbocycles. The number of carbonyl (C=O) groups is 1. The van der Waals surface area contributed by atoms with Crippen molar-refractivity contribution in [2.45, 2.75) is 65.0 Å². The maximum atomic E-state index is 13.2. The number of nitrogens with zero attached hydrogens (tertiary/aromatic N) is 2. The summed E-state index contributed by atoms with van der Waals surface area (Å²) in [4.78, 5) is 19.5. The number of hydrogen-bond donors (Lipinski definition) is 1. The molecule has 0 aliphatic carbocycles. The fraction of sp³-hybridized carbons (Fsp3) is 0.500. The molecule has 1 aromatic heterocycles.